The number of nitrogens with one attached hydrogen (secondary N) is 1. The lowest BCUT2D eigenvalue weighted by atomic mass is 9.87. The molecule has 0 spiro atoms. The van der Waals surface area contributed by atoms with E-state index in [2.05, 4.69) is 41.2 Å². The van der Waals surface area contributed by atoms with Gasteiger partial charge < -0.3 is 14.6 Å². The Morgan fingerprint density at radius 2 is 1.74 bits per heavy atom. The van der Waals surface area contributed by atoms with Crippen LogP contribution in [-0.4, -0.2) is 30.1 Å². The number of benzene rings is 2. The number of hydrogen-bond donors (Lipinski definition) is 1. The van der Waals surface area contributed by atoms with Gasteiger partial charge in [0.05, 0.1) is 12.5 Å². The van der Waals surface area contributed by atoms with Crippen molar-refractivity contribution >= 4 is 17.4 Å². The van der Waals surface area contributed by atoms with Crippen LogP contribution in [0.25, 0.3) is 11.3 Å². The smallest absolute Gasteiger partial charge is 0.256 e. The van der Waals surface area contributed by atoms with Gasteiger partial charge in [0.1, 0.15) is 5.75 Å². The molecule has 3 aromatic heterocycles. The molecule has 0 bridgehead atoms. The summed E-state index contributed by atoms with van der Waals surface area (Å²) >= 11 is 0. The Labute approximate surface area is 196 Å². The fourth-order valence-corrected chi connectivity index (χ4v) is 3.51. The predicted octanol–water partition coefficient (Wildman–Crippen LogP) is 5.26. The van der Waals surface area contributed by atoms with Gasteiger partial charge in [-0.3, -0.25) is 4.79 Å². The third-order valence-corrected chi connectivity index (χ3v) is 5.41. The number of imidazole rings is 2. The predicted molar refractivity (Wildman–Crippen MR) is 130 cm³/mol. The van der Waals surface area contributed by atoms with Crippen molar-refractivity contribution in [3.63, 3.8) is 0 Å². The second-order valence-corrected chi connectivity index (χ2v) is 8.95. The van der Waals surface area contributed by atoms with Crippen molar-refractivity contribution in [1.82, 2.24) is 24.1 Å². The number of nitrogens with zero attached hydrogens (tertiary/aromatic N) is 5. The highest BCUT2D eigenvalue weighted by atomic mass is 16.5. The van der Waals surface area contributed by atoms with E-state index in [9.17, 15) is 4.79 Å². The largest absolute Gasteiger partial charge is 0.438 e. The third-order valence-electron chi connectivity index (χ3n) is 5.41. The van der Waals surface area contributed by atoms with Crippen molar-refractivity contribution in [3.05, 3.63) is 96.7 Å². The molecule has 0 unspecified atom stereocenters. The number of anilines is 1. The van der Waals surface area contributed by atoms with E-state index in [0.717, 1.165) is 5.69 Å². The Morgan fingerprint density at radius 3 is 2.41 bits per heavy atom. The van der Waals surface area contributed by atoms with Crippen LogP contribution in [0.15, 0.2) is 85.6 Å². The molecule has 0 atom stereocenters. The van der Waals surface area contributed by atoms with Gasteiger partial charge in [0, 0.05) is 29.7 Å². The minimum atomic E-state index is -0.224. The van der Waals surface area contributed by atoms with Gasteiger partial charge in [-0.05, 0) is 53.4 Å². The van der Waals surface area contributed by atoms with Crippen molar-refractivity contribution in [3.8, 4) is 17.3 Å². The van der Waals surface area contributed by atoms with E-state index >= 15 is 0 Å². The Balaban J connectivity index is 1.28. The van der Waals surface area contributed by atoms with Gasteiger partial charge >= 0.3 is 0 Å². The molecular formula is C26H24N6O2. The Kier molecular flexibility index (Phi) is 5.33. The molecule has 0 fully saturated rings. The zero-order valence-corrected chi connectivity index (χ0v) is 19.1. The van der Waals surface area contributed by atoms with E-state index in [1.807, 2.05) is 59.3 Å². The summed E-state index contributed by atoms with van der Waals surface area (Å²) in [6.45, 7) is 6.42. The second kappa shape index (κ2) is 8.47. The van der Waals surface area contributed by atoms with Crippen LogP contribution in [0.5, 0.6) is 11.6 Å². The van der Waals surface area contributed by atoms with Crippen LogP contribution in [-0.2, 0) is 5.41 Å². The average molecular weight is 453 g/mol. The molecule has 0 radical (unpaired) electrons. The molecule has 2 aromatic carbocycles. The van der Waals surface area contributed by atoms with E-state index in [4.69, 9.17) is 4.74 Å². The summed E-state index contributed by atoms with van der Waals surface area (Å²) in [7, 11) is 0. The van der Waals surface area contributed by atoms with Gasteiger partial charge in [-0.15, -0.1) is 5.10 Å². The minimum Gasteiger partial charge on any atom is -0.438 e. The van der Waals surface area contributed by atoms with E-state index in [0.29, 0.717) is 28.7 Å². The molecule has 0 saturated carbocycles. The summed E-state index contributed by atoms with van der Waals surface area (Å²) in [6.07, 6.45) is 7.00. The number of ether oxygens (including phenoxy) is 1. The standard InChI is InChI=1S/C26H24N6O2/c1-26(2,3)19-6-4-18(5-7-19)25(33)29-22-16-32-23(28-22)12-13-24(30-32)34-21-10-8-20(9-11-21)31-15-14-27-17-31/h4-17H,1-3H3,(H,29,33). The monoisotopic (exact) mass is 452 g/mol. The van der Waals surface area contributed by atoms with Crippen molar-refractivity contribution < 1.29 is 9.53 Å². The molecule has 8 heteroatoms. The summed E-state index contributed by atoms with van der Waals surface area (Å²) in [6, 6.07) is 18.7. The van der Waals surface area contributed by atoms with Gasteiger partial charge in [-0.25, -0.2) is 14.5 Å². The molecule has 170 valence electrons. The van der Waals surface area contributed by atoms with Crippen LogP contribution in [0, 0.1) is 0 Å². The first-order chi connectivity index (χ1) is 16.3. The van der Waals surface area contributed by atoms with E-state index in [1.165, 1.54) is 5.56 Å². The van der Waals surface area contributed by atoms with Gasteiger partial charge in [-0.2, -0.15) is 0 Å². The van der Waals surface area contributed by atoms with Crippen LogP contribution in [0.1, 0.15) is 36.7 Å². The molecule has 3 heterocycles. The first-order valence-electron chi connectivity index (χ1n) is 10.9. The van der Waals surface area contributed by atoms with Gasteiger partial charge in [-0.1, -0.05) is 32.9 Å². The Morgan fingerprint density at radius 1 is 0.971 bits per heavy atom. The summed E-state index contributed by atoms with van der Waals surface area (Å²) < 4.78 is 9.37. The summed E-state index contributed by atoms with van der Waals surface area (Å²) in [5.41, 5.74) is 3.35. The quantitative estimate of drug-likeness (QED) is 0.393. The lowest BCUT2D eigenvalue weighted by Gasteiger charge is -2.18. The molecule has 34 heavy (non-hydrogen) atoms. The molecule has 0 aliphatic rings. The number of amides is 1. The fraction of sp³-hybridized carbons (Fsp3) is 0.154. The minimum absolute atomic E-state index is 0.0319. The molecule has 1 N–H and O–H groups in total. The number of hydrogen-bond acceptors (Lipinski definition) is 5. The van der Waals surface area contributed by atoms with Crippen LogP contribution in [0.3, 0.4) is 0 Å². The van der Waals surface area contributed by atoms with E-state index < -0.39 is 0 Å². The van der Waals surface area contributed by atoms with E-state index in [1.54, 1.807) is 35.4 Å². The zero-order valence-electron chi connectivity index (χ0n) is 19.1. The Bertz CT molecular complexity index is 1430. The van der Waals surface area contributed by atoms with Crippen LogP contribution < -0.4 is 10.1 Å². The lowest BCUT2D eigenvalue weighted by molar-refractivity contribution is 0.102. The highest BCUT2D eigenvalue weighted by Crippen LogP contribution is 2.24. The topological polar surface area (TPSA) is 86.3 Å². The van der Waals surface area contributed by atoms with Crippen molar-refractivity contribution in [2.24, 2.45) is 0 Å². The number of fused-ring (bicyclic) bond motifs is 1. The maximum absolute atomic E-state index is 12.7. The second-order valence-electron chi connectivity index (χ2n) is 8.95. The molecule has 0 saturated heterocycles. The summed E-state index contributed by atoms with van der Waals surface area (Å²) in [5, 5.41) is 7.28. The zero-order chi connectivity index (χ0) is 23.7. The SMILES string of the molecule is CC(C)(C)c1ccc(C(=O)Nc2cn3nc(Oc4ccc(-n5ccnc5)cc4)ccc3n2)cc1. The van der Waals surface area contributed by atoms with Gasteiger partial charge in [0.25, 0.3) is 5.91 Å². The van der Waals surface area contributed by atoms with Crippen molar-refractivity contribution in [2.75, 3.05) is 5.32 Å². The highest BCUT2D eigenvalue weighted by molar-refractivity contribution is 6.03. The Hall–Kier alpha value is -4.46. The maximum atomic E-state index is 12.7. The van der Waals surface area contributed by atoms with E-state index in [-0.39, 0.29) is 11.3 Å². The molecule has 5 rings (SSSR count). The fourth-order valence-electron chi connectivity index (χ4n) is 3.51. The van der Waals surface area contributed by atoms with Crippen LogP contribution in [0.2, 0.25) is 0 Å². The van der Waals surface area contributed by atoms with Gasteiger partial charge in [0.2, 0.25) is 5.88 Å². The van der Waals surface area contributed by atoms with Crippen LogP contribution >= 0.6 is 0 Å². The van der Waals surface area contributed by atoms with Crippen LogP contribution in [0.4, 0.5) is 5.82 Å². The summed E-state index contributed by atoms with van der Waals surface area (Å²) in [4.78, 5) is 21.1. The molecule has 0 aliphatic carbocycles. The molecule has 8 nitrogen and oxygen atoms in total. The summed E-state index contributed by atoms with van der Waals surface area (Å²) in [5.74, 6) is 1.26. The molecule has 1 amide bonds. The first kappa shape index (κ1) is 21.4. The highest BCUT2D eigenvalue weighted by Gasteiger charge is 2.15. The number of rotatable bonds is 5. The number of carbonyl (C=O) groups excluding carboxylic acids is 1. The maximum Gasteiger partial charge on any atom is 0.256 e. The molecule has 5 aromatic rings. The first-order valence-corrected chi connectivity index (χ1v) is 10.9. The molecule has 0 aliphatic heterocycles. The average Bonchev–Trinajstić information content (AvgIpc) is 3.49. The lowest BCUT2D eigenvalue weighted by Crippen LogP contribution is -2.14. The van der Waals surface area contributed by atoms with Gasteiger partial charge in [0.15, 0.2) is 11.5 Å². The van der Waals surface area contributed by atoms with Crippen molar-refractivity contribution in [2.45, 2.75) is 26.2 Å². The number of aromatic nitrogens is 5. The normalized spacial score (nSPS) is 11.5. The number of carbonyl (C=O) groups is 1. The molecular weight excluding hydrogens is 428 g/mol. The third kappa shape index (κ3) is 4.52. The van der Waals surface area contributed by atoms with Crippen molar-refractivity contribution in [1.29, 1.82) is 0 Å².